The molecule has 2 fully saturated rings. The van der Waals surface area contributed by atoms with E-state index in [1.54, 1.807) is 6.92 Å². The van der Waals surface area contributed by atoms with Crippen molar-refractivity contribution in [1.82, 2.24) is 15.5 Å². The SMILES string of the molecule is COC(=O)N[C@H](C)C(=O)NC1CCN(C2CCOCC2)CC1. The Morgan fingerprint density at radius 3 is 2.41 bits per heavy atom. The number of alkyl carbamates (subject to hydrolysis) is 1. The number of nitrogens with zero attached hydrogens (tertiary/aromatic N) is 1. The minimum atomic E-state index is -0.586. The van der Waals surface area contributed by atoms with E-state index >= 15 is 0 Å². The first kappa shape index (κ1) is 17.0. The number of carbonyl (C=O) groups excluding carboxylic acids is 2. The van der Waals surface area contributed by atoms with Crippen LogP contribution >= 0.6 is 0 Å². The van der Waals surface area contributed by atoms with Crippen molar-refractivity contribution in [3.63, 3.8) is 0 Å². The van der Waals surface area contributed by atoms with Gasteiger partial charge in [0.05, 0.1) is 7.11 Å². The highest BCUT2D eigenvalue weighted by atomic mass is 16.5. The zero-order chi connectivity index (χ0) is 15.9. The topological polar surface area (TPSA) is 79.9 Å². The Kier molecular flexibility index (Phi) is 6.45. The first-order valence-corrected chi connectivity index (χ1v) is 8.06. The van der Waals surface area contributed by atoms with Gasteiger partial charge in [-0.1, -0.05) is 0 Å². The molecule has 0 bridgehead atoms. The Bertz CT molecular complexity index is 377. The van der Waals surface area contributed by atoms with Gasteiger partial charge in [-0.15, -0.1) is 0 Å². The first-order valence-electron chi connectivity index (χ1n) is 8.06. The third-order valence-electron chi connectivity index (χ3n) is 4.50. The minimum Gasteiger partial charge on any atom is -0.453 e. The highest BCUT2D eigenvalue weighted by molar-refractivity contribution is 5.85. The van der Waals surface area contributed by atoms with Crippen LogP contribution in [0.15, 0.2) is 0 Å². The monoisotopic (exact) mass is 313 g/mol. The molecule has 0 unspecified atom stereocenters. The molecule has 126 valence electrons. The fraction of sp³-hybridized carbons (Fsp3) is 0.867. The predicted octanol–water partition coefficient (Wildman–Crippen LogP) is 0.491. The molecule has 0 aromatic heterocycles. The molecular weight excluding hydrogens is 286 g/mol. The van der Waals surface area contributed by atoms with E-state index in [2.05, 4.69) is 20.3 Å². The predicted molar refractivity (Wildman–Crippen MR) is 81.6 cm³/mol. The summed E-state index contributed by atoms with van der Waals surface area (Å²) in [4.78, 5) is 25.7. The minimum absolute atomic E-state index is 0.157. The molecule has 22 heavy (non-hydrogen) atoms. The second kappa shape index (κ2) is 8.33. The van der Waals surface area contributed by atoms with Crippen LogP contribution in [0.3, 0.4) is 0 Å². The maximum absolute atomic E-state index is 12.0. The Balaban J connectivity index is 1.70. The van der Waals surface area contributed by atoms with Crippen molar-refractivity contribution in [2.24, 2.45) is 0 Å². The number of hydrogen-bond acceptors (Lipinski definition) is 5. The van der Waals surface area contributed by atoms with Gasteiger partial charge in [0.2, 0.25) is 5.91 Å². The van der Waals surface area contributed by atoms with Gasteiger partial charge in [-0.25, -0.2) is 4.79 Å². The van der Waals surface area contributed by atoms with Gasteiger partial charge in [-0.05, 0) is 32.6 Å². The summed E-state index contributed by atoms with van der Waals surface area (Å²) < 4.78 is 9.90. The Morgan fingerprint density at radius 2 is 1.82 bits per heavy atom. The van der Waals surface area contributed by atoms with Crippen molar-refractivity contribution >= 4 is 12.0 Å². The van der Waals surface area contributed by atoms with Crippen molar-refractivity contribution < 1.29 is 19.1 Å². The van der Waals surface area contributed by atoms with E-state index in [9.17, 15) is 9.59 Å². The molecule has 0 saturated carbocycles. The lowest BCUT2D eigenvalue weighted by molar-refractivity contribution is -0.123. The van der Waals surface area contributed by atoms with Crippen LogP contribution in [0.1, 0.15) is 32.6 Å². The molecule has 0 aromatic rings. The van der Waals surface area contributed by atoms with Crippen LogP contribution in [0.25, 0.3) is 0 Å². The van der Waals surface area contributed by atoms with Crippen molar-refractivity contribution in [1.29, 1.82) is 0 Å². The fourth-order valence-corrected chi connectivity index (χ4v) is 3.09. The van der Waals surface area contributed by atoms with E-state index in [4.69, 9.17) is 4.74 Å². The van der Waals surface area contributed by atoms with E-state index in [-0.39, 0.29) is 11.9 Å². The average Bonchev–Trinajstić information content (AvgIpc) is 2.56. The lowest BCUT2D eigenvalue weighted by Gasteiger charge is -2.39. The largest absolute Gasteiger partial charge is 0.453 e. The highest BCUT2D eigenvalue weighted by Crippen LogP contribution is 2.19. The summed E-state index contributed by atoms with van der Waals surface area (Å²) in [5.41, 5.74) is 0. The lowest BCUT2D eigenvalue weighted by atomic mass is 9.99. The summed E-state index contributed by atoms with van der Waals surface area (Å²) in [5, 5.41) is 5.49. The highest BCUT2D eigenvalue weighted by Gasteiger charge is 2.28. The van der Waals surface area contributed by atoms with Gasteiger partial charge in [0.25, 0.3) is 0 Å². The summed E-state index contributed by atoms with van der Waals surface area (Å²) in [6, 6.07) is 0.233. The number of rotatable bonds is 4. The molecule has 2 aliphatic heterocycles. The van der Waals surface area contributed by atoms with Crippen LogP contribution in [0.4, 0.5) is 4.79 Å². The molecule has 0 radical (unpaired) electrons. The third-order valence-corrected chi connectivity index (χ3v) is 4.50. The van der Waals surface area contributed by atoms with E-state index in [1.165, 1.54) is 7.11 Å². The van der Waals surface area contributed by atoms with Crippen LogP contribution in [0, 0.1) is 0 Å². The molecule has 0 spiro atoms. The number of carbonyl (C=O) groups is 2. The average molecular weight is 313 g/mol. The third kappa shape index (κ3) is 4.84. The fourth-order valence-electron chi connectivity index (χ4n) is 3.09. The number of piperidine rings is 1. The van der Waals surface area contributed by atoms with E-state index in [1.807, 2.05) is 0 Å². The van der Waals surface area contributed by atoms with E-state index < -0.39 is 12.1 Å². The van der Waals surface area contributed by atoms with Crippen molar-refractivity contribution in [2.75, 3.05) is 33.4 Å². The Morgan fingerprint density at radius 1 is 1.18 bits per heavy atom. The number of likely N-dealkylation sites (tertiary alicyclic amines) is 1. The number of hydrogen-bond donors (Lipinski definition) is 2. The Hall–Kier alpha value is -1.34. The van der Waals surface area contributed by atoms with Crippen molar-refractivity contribution in [3.8, 4) is 0 Å². The number of nitrogens with one attached hydrogen (secondary N) is 2. The van der Waals surface area contributed by atoms with Crippen LogP contribution in [-0.2, 0) is 14.3 Å². The number of ether oxygens (including phenoxy) is 2. The molecule has 1 atom stereocenters. The van der Waals surface area contributed by atoms with Gasteiger partial charge in [0.15, 0.2) is 0 Å². The van der Waals surface area contributed by atoms with E-state index in [0.717, 1.165) is 52.0 Å². The van der Waals surface area contributed by atoms with Gasteiger partial charge < -0.3 is 25.0 Å². The summed E-state index contributed by atoms with van der Waals surface area (Å²) >= 11 is 0. The lowest BCUT2D eigenvalue weighted by Crippen LogP contribution is -2.52. The maximum atomic E-state index is 12.0. The molecule has 2 N–H and O–H groups in total. The Labute approximate surface area is 131 Å². The normalized spacial score (nSPS) is 22.8. The van der Waals surface area contributed by atoms with E-state index in [0.29, 0.717) is 6.04 Å². The standard InChI is InChI=1S/C15H27N3O4/c1-11(16-15(20)21-2)14(19)17-12-3-7-18(8-4-12)13-5-9-22-10-6-13/h11-13H,3-10H2,1-2H3,(H,16,20)(H,17,19)/t11-/m1/s1. The van der Waals surface area contributed by atoms with Crippen LogP contribution in [0.2, 0.25) is 0 Å². The molecule has 2 heterocycles. The van der Waals surface area contributed by atoms with Crippen LogP contribution < -0.4 is 10.6 Å². The molecule has 2 saturated heterocycles. The van der Waals surface area contributed by atoms with Crippen LogP contribution in [0.5, 0.6) is 0 Å². The molecular formula is C15H27N3O4. The van der Waals surface area contributed by atoms with Gasteiger partial charge in [-0.2, -0.15) is 0 Å². The van der Waals surface area contributed by atoms with Gasteiger partial charge in [0, 0.05) is 38.4 Å². The summed E-state index contributed by atoms with van der Waals surface area (Å²) in [6.07, 6.45) is 3.54. The zero-order valence-corrected chi connectivity index (χ0v) is 13.5. The van der Waals surface area contributed by atoms with Gasteiger partial charge in [0.1, 0.15) is 6.04 Å². The molecule has 2 aliphatic rings. The molecule has 2 rings (SSSR count). The summed E-state index contributed by atoms with van der Waals surface area (Å²) in [5.74, 6) is -0.157. The molecule has 0 aromatic carbocycles. The number of methoxy groups -OCH3 is 1. The van der Waals surface area contributed by atoms with Crippen molar-refractivity contribution in [3.05, 3.63) is 0 Å². The second-order valence-corrected chi connectivity index (χ2v) is 6.02. The quantitative estimate of drug-likeness (QED) is 0.790. The van der Waals surface area contributed by atoms with Crippen LogP contribution in [-0.4, -0.2) is 68.4 Å². The van der Waals surface area contributed by atoms with Gasteiger partial charge in [-0.3, -0.25) is 4.79 Å². The second-order valence-electron chi connectivity index (χ2n) is 6.02. The smallest absolute Gasteiger partial charge is 0.407 e. The first-order chi connectivity index (χ1) is 10.6. The van der Waals surface area contributed by atoms with Gasteiger partial charge >= 0.3 is 6.09 Å². The number of amides is 2. The molecule has 7 heteroatoms. The summed E-state index contributed by atoms with van der Waals surface area (Å²) in [7, 11) is 1.28. The summed E-state index contributed by atoms with van der Waals surface area (Å²) in [6.45, 7) is 5.39. The molecule has 0 aliphatic carbocycles. The molecule has 2 amide bonds. The maximum Gasteiger partial charge on any atom is 0.407 e. The zero-order valence-electron chi connectivity index (χ0n) is 13.5. The van der Waals surface area contributed by atoms with Crippen molar-refractivity contribution in [2.45, 2.75) is 50.7 Å². The molecule has 7 nitrogen and oxygen atoms in total.